The van der Waals surface area contributed by atoms with Crippen LogP contribution in [-0.2, 0) is 16.3 Å². The number of hydrogen-bond acceptors (Lipinski definition) is 7. The Hall–Kier alpha value is -2.29. The minimum Gasteiger partial charge on any atom is -0.413 e. The van der Waals surface area contributed by atoms with Crippen molar-refractivity contribution in [3.63, 3.8) is 0 Å². The predicted molar refractivity (Wildman–Crippen MR) is 81.5 cm³/mol. The van der Waals surface area contributed by atoms with E-state index in [1.54, 1.807) is 24.5 Å². The molecule has 23 heavy (non-hydrogen) atoms. The van der Waals surface area contributed by atoms with Crippen molar-refractivity contribution in [1.29, 1.82) is 0 Å². The standard InChI is InChI=1S/C14H18N4O4S/c1-23(20,21)14-18-17-12(22-14)5-3-2-4-8-16-13(19)11-6-9-15-10-7-11/h6-7,9-10H,2-5,8H2,1H3,(H,16,19). The average Bonchev–Trinajstić information content (AvgIpc) is 3.00. The van der Waals surface area contributed by atoms with Crippen molar-refractivity contribution in [2.45, 2.75) is 30.9 Å². The number of carbonyl (C=O) groups is 1. The number of sulfone groups is 1. The summed E-state index contributed by atoms with van der Waals surface area (Å²) in [7, 11) is -3.45. The lowest BCUT2D eigenvalue weighted by atomic mass is 10.2. The molecule has 2 aromatic heterocycles. The second-order valence-corrected chi connectivity index (χ2v) is 6.93. The molecule has 0 spiro atoms. The quantitative estimate of drug-likeness (QED) is 0.714. The SMILES string of the molecule is CS(=O)(=O)c1nnc(CCCCCNC(=O)c2ccncc2)o1. The van der Waals surface area contributed by atoms with Crippen LogP contribution in [0, 0.1) is 0 Å². The monoisotopic (exact) mass is 338 g/mol. The normalized spacial score (nSPS) is 11.3. The molecular weight excluding hydrogens is 320 g/mol. The van der Waals surface area contributed by atoms with E-state index in [4.69, 9.17) is 4.42 Å². The van der Waals surface area contributed by atoms with Crippen molar-refractivity contribution < 1.29 is 17.6 Å². The van der Waals surface area contributed by atoms with Gasteiger partial charge in [0.15, 0.2) is 0 Å². The summed E-state index contributed by atoms with van der Waals surface area (Å²) in [5, 5.41) is 9.66. The number of rotatable bonds is 8. The second kappa shape index (κ2) is 7.82. The zero-order valence-electron chi connectivity index (χ0n) is 12.7. The molecule has 0 bridgehead atoms. The van der Waals surface area contributed by atoms with Gasteiger partial charge in [0.25, 0.3) is 5.91 Å². The van der Waals surface area contributed by atoms with Gasteiger partial charge in [-0.1, -0.05) is 11.5 Å². The fourth-order valence-corrected chi connectivity index (χ4v) is 2.31. The highest BCUT2D eigenvalue weighted by atomic mass is 32.2. The molecule has 2 rings (SSSR count). The van der Waals surface area contributed by atoms with Gasteiger partial charge < -0.3 is 9.73 Å². The van der Waals surface area contributed by atoms with E-state index in [1.165, 1.54) is 0 Å². The molecule has 0 radical (unpaired) electrons. The smallest absolute Gasteiger partial charge is 0.335 e. The van der Waals surface area contributed by atoms with Gasteiger partial charge >= 0.3 is 5.22 Å². The molecule has 0 atom stereocenters. The second-order valence-electron chi connectivity index (χ2n) is 5.04. The first-order valence-corrected chi connectivity index (χ1v) is 9.06. The fourth-order valence-electron chi connectivity index (χ4n) is 1.87. The van der Waals surface area contributed by atoms with E-state index in [1.807, 2.05) is 0 Å². The van der Waals surface area contributed by atoms with Gasteiger partial charge in [-0.2, -0.15) is 0 Å². The highest BCUT2D eigenvalue weighted by molar-refractivity contribution is 7.90. The molecule has 0 aromatic carbocycles. The average molecular weight is 338 g/mol. The summed E-state index contributed by atoms with van der Waals surface area (Å²) >= 11 is 0. The number of aryl methyl sites for hydroxylation is 1. The molecule has 9 heteroatoms. The molecule has 2 aromatic rings. The van der Waals surface area contributed by atoms with Gasteiger partial charge in [-0.15, -0.1) is 5.10 Å². The summed E-state index contributed by atoms with van der Waals surface area (Å²) < 4.78 is 27.5. The van der Waals surface area contributed by atoms with E-state index in [9.17, 15) is 13.2 Å². The molecular formula is C14H18N4O4S. The topological polar surface area (TPSA) is 115 Å². The molecule has 8 nitrogen and oxygen atoms in total. The van der Waals surface area contributed by atoms with Crippen LogP contribution in [-0.4, -0.2) is 42.3 Å². The molecule has 0 saturated heterocycles. The van der Waals surface area contributed by atoms with Crippen molar-refractivity contribution >= 4 is 15.7 Å². The first-order valence-electron chi connectivity index (χ1n) is 7.17. The minimum atomic E-state index is -3.45. The van der Waals surface area contributed by atoms with Gasteiger partial charge in [0.05, 0.1) is 0 Å². The number of unbranched alkanes of at least 4 members (excludes halogenated alkanes) is 2. The molecule has 0 aliphatic carbocycles. The number of pyridine rings is 1. The third-order valence-electron chi connectivity index (χ3n) is 3.06. The highest BCUT2D eigenvalue weighted by Gasteiger charge is 2.15. The summed E-state index contributed by atoms with van der Waals surface area (Å²) in [4.78, 5) is 15.6. The zero-order chi connectivity index (χ0) is 16.7. The molecule has 124 valence electrons. The van der Waals surface area contributed by atoms with E-state index in [2.05, 4.69) is 20.5 Å². The summed E-state index contributed by atoms with van der Waals surface area (Å²) in [6, 6.07) is 3.31. The summed E-state index contributed by atoms with van der Waals surface area (Å²) in [6.07, 6.45) is 7.12. The highest BCUT2D eigenvalue weighted by Crippen LogP contribution is 2.09. The van der Waals surface area contributed by atoms with Crippen LogP contribution in [0.5, 0.6) is 0 Å². The minimum absolute atomic E-state index is 0.123. The van der Waals surface area contributed by atoms with E-state index in [0.29, 0.717) is 24.4 Å². The Morgan fingerprint density at radius 1 is 1.17 bits per heavy atom. The van der Waals surface area contributed by atoms with Crippen LogP contribution >= 0.6 is 0 Å². The Balaban J connectivity index is 1.63. The van der Waals surface area contributed by atoms with Crippen molar-refractivity contribution in [3.8, 4) is 0 Å². The lowest BCUT2D eigenvalue weighted by molar-refractivity contribution is 0.0953. The Morgan fingerprint density at radius 2 is 1.91 bits per heavy atom. The van der Waals surface area contributed by atoms with E-state index in [0.717, 1.165) is 25.5 Å². The Kier molecular flexibility index (Phi) is 5.80. The number of aromatic nitrogens is 3. The Bertz CT molecular complexity index is 743. The van der Waals surface area contributed by atoms with Crippen LogP contribution in [0.3, 0.4) is 0 Å². The van der Waals surface area contributed by atoms with Crippen LogP contribution < -0.4 is 5.32 Å². The van der Waals surface area contributed by atoms with Gasteiger partial charge in [0, 0.05) is 37.2 Å². The molecule has 0 aliphatic heterocycles. The van der Waals surface area contributed by atoms with Crippen LogP contribution in [0.15, 0.2) is 34.2 Å². The number of nitrogens with zero attached hydrogens (tertiary/aromatic N) is 3. The number of amides is 1. The maximum absolute atomic E-state index is 11.8. The van der Waals surface area contributed by atoms with E-state index < -0.39 is 9.84 Å². The maximum Gasteiger partial charge on any atom is 0.335 e. The van der Waals surface area contributed by atoms with Crippen LogP contribution in [0.2, 0.25) is 0 Å². The van der Waals surface area contributed by atoms with Crippen LogP contribution in [0.25, 0.3) is 0 Å². The van der Waals surface area contributed by atoms with Gasteiger partial charge in [-0.25, -0.2) is 8.42 Å². The third kappa shape index (κ3) is 5.44. The summed E-state index contributed by atoms with van der Waals surface area (Å²) in [6.45, 7) is 0.569. The number of nitrogens with one attached hydrogen (secondary N) is 1. The molecule has 2 heterocycles. The molecule has 1 N–H and O–H groups in total. The fraction of sp³-hybridized carbons (Fsp3) is 0.429. The van der Waals surface area contributed by atoms with Crippen molar-refractivity contribution in [3.05, 3.63) is 36.0 Å². The van der Waals surface area contributed by atoms with Gasteiger partial charge in [-0.05, 0) is 25.0 Å². The third-order valence-corrected chi connectivity index (χ3v) is 3.86. The summed E-state index contributed by atoms with van der Waals surface area (Å²) in [5.41, 5.74) is 0.583. The molecule has 0 unspecified atom stereocenters. The van der Waals surface area contributed by atoms with E-state index >= 15 is 0 Å². The molecule has 1 amide bonds. The lowest BCUT2D eigenvalue weighted by Crippen LogP contribution is -2.24. The Labute approximate surface area is 134 Å². The van der Waals surface area contributed by atoms with Crippen LogP contribution in [0.1, 0.15) is 35.5 Å². The van der Waals surface area contributed by atoms with Crippen molar-refractivity contribution in [2.24, 2.45) is 0 Å². The van der Waals surface area contributed by atoms with Crippen molar-refractivity contribution in [1.82, 2.24) is 20.5 Å². The van der Waals surface area contributed by atoms with Gasteiger partial charge in [0.2, 0.25) is 15.7 Å². The lowest BCUT2D eigenvalue weighted by Gasteiger charge is -2.04. The maximum atomic E-state index is 11.8. The van der Waals surface area contributed by atoms with Crippen LogP contribution in [0.4, 0.5) is 0 Å². The zero-order valence-corrected chi connectivity index (χ0v) is 13.5. The van der Waals surface area contributed by atoms with Crippen molar-refractivity contribution in [2.75, 3.05) is 12.8 Å². The predicted octanol–water partition coefficient (Wildman–Crippen LogP) is 1.01. The first kappa shape index (κ1) is 17.1. The van der Waals surface area contributed by atoms with Gasteiger partial charge in [0.1, 0.15) is 0 Å². The summed E-state index contributed by atoms with van der Waals surface area (Å²) in [5.74, 6) is 0.188. The number of carbonyl (C=O) groups excluding carboxylic acids is 1. The van der Waals surface area contributed by atoms with Gasteiger partial charge in [-0.3, -0.25) is 9.78 Å². The molecule has 0 aliphatic rings. The number of hydrogen-bond donors (Lipinski definition) is 1. The molecule has 0 saturated carbocycles. The largest absolute Gasteiger partial charge is 0.413 e. The Morgan fingerprint density at radius 3 is 2.57 bits per heavy atom. The van der Waals surface area contributed by atoms with E-state index in [-0.39, 0.29) is 11.1 Å². The first-order chi connectivity index (χ1) is 11.0. The molecule has 0 fully saturated rings.